The van der Waals surface area contributed by atoms with Crippen molar-refractivity contribution in [3.63, 3.8) is 0 Å². The Labute approximate surface area is 111 Å². The molecule has 0 fully saturated rings. The molecule has 0 unspecified atom stereocenters. The Morgan fingerprint density at radius 2 is 2.22 bits per heavy atom. The van der Waals surface area contributed by atoms with Crippen LogP contribution in [-0.4, -0.2) is 19.2 Å². The fraction of sp³-hybridized carbons (Fsp3) is 0.308. The fourth-order valence-electron chi connectivity index (χ4n) is 1.15. The highest BCUT2D eigenvalue weighted by atomic mass is 35.5. The Bertz CT molecular complexity index is 432. The van der Waals surface area contributed by atoms with Gasteiger partial charge in [0.15, 0.2) is 0 Å². The van der Waals surface area contributed by atoms with Crippen LogP contribution in [0.3, 0.4) is 0 Å². The molecule has 0 saturated heterocycles. The maximum Gasteiger partial charge on any atom is 0.332 e. The molecule has 0 heterocycles. The molecule has 0 spiro atoms. The number of ether oxygens (including phenoxy) is 2. The summed E-state index contributed by atoms with van der Waals surface area (Å²) in [4.78, 5) is 11.2. The molecule has 0 saturated carbocycles. The molecule has 0 aliphatic rings. The number of hydrogen-bond donors (Lipinski definition) is 1. The summed E-state index contributed by atoms with van der Waals surface area (Å²) >= 11 is 5.79. The van der Waals surface area contributed by atoms with E-state index in [4.69, 9.17) is 26.8 Å². The lowest BCUT2D eigenvalue weighted by Gasteiger charge is -2.06. The second-order valence-corrected chi connectivity index (χ2v) is 3.98. The topological polar surface area (TPSA) is 61.6 Å². The Kier molecular flexibility index (Phi) is 6.08. The van der Waals surface area contributed by atoms with E-state index in [1.807, 2.05) is 6.92 Å². The molecule has 1 aromatic rings. The van der Waals surface area contributed by atoms with Gasteiger partial charge >= 0.3 is 5.97 Å². The van der Waals surface area contributed by atoms with Gasteiger partial charge in [0, 0.05) is 16.8 Å². The quantitative estimate of drug-likeness (QED) is 0.490. The maximum atomic E-state index is 11.2. The van der Waals surface area contributed by atoms with Crippen molar-refractivity contribution >= 4 is 17.6 Å². The molecule has 18 heavy (non-hydrogen) atoms. The first kappa shape index (κ1) is 14.4. The molecule has 0 aliphatic carbocycles. The zero-order valence-corrected chi connectivity index (χ0v) is 10.9. The minimum absolute atomic E-state index is 0.166. The van der Waals surface area contributed by atoms with Gasteiger partial charge in [-0.2, -0.15) is 0 Å². The van der Waals surface area contributed by atoms with Crippen LogP contribution in [0.15, 0.2) is 36.0 Å². The van der Waals surface area contributed by atoms with E-state index in [0.717, 1.165) is 0 Å². The predicted molar refractivity (Wildman–Crippen MR) is 70.5 cm³/mol. The Morgan fingerprint density at radius 3 is 2.89 bits per heavy atom. The first-order chi connectivity index (χ1) is 8.61. The molecule has 2 N–H and O–H groups in total. The average molecular weight is 270 g/mol. The summed E-state index contributed by atoms with van der Waals surface area (Å²) in [6.07, 6.45) is 1.90. The van der Waals surface area contributed by atoms with Crippen molar-refractivity contribution < 1.29 is 14.3 Å². The molecule has 98 valence electrons. The summed E-state index contributed by atoms with van der Waals surface area (Å²) in [6, 6.07) is 7.02. The Morgan fingerprint density at radius 1 is 1.44 bits per heavy atom. The van der Waals surface area contributed by atoms with Gasteiger partial charge in [0.05, 0.1) is 0 Å². The van der Waals surface area contributed by atoms with E-state index in [-0.39, 0.29) is 13.2 Å². The highest BCUT2D eigenvalue weighted by Gasteiger charge is 2.00. The fourth-order valence-corrected chi connectivity index (χ4v) is 1.33. The van der Waals surface area contributed by atoms with E-state index in [1.165, 1.54) is 6.08 Å². The van der Waals surface area contributed by atoms with E-state index >= 15 is 0 Å². The van der Waals surface area contributed by atoms with Gasteiger partial charge in [-0.05, 0) is 24.6 Å². The van der Waals surface area contributed by atoms with Crippen LogP contribution in [0.5, 0.6) is 5.75 Å². The molecule has 1 rings (SSSR count). The monoisotopic (exact) mass is 269 g/mol. The van der Waals surface area contributed by atoms with Gasteiger partial charge < -0.3 is 15.2 Å². The van der Waals surface area contributed by atoms with Crippen LogP contribution in [0.1, 0.15) is 13.3 Å². The number of carbonyl (C=O) groups is 1. The highest BCUT2D eigenvalue weighted by molar-refractivity contribution is 6.30. The minimum atomic E-state index is -0.455. The van der Waals surface area contributed by atoms with Crippen LogP contribution in [-0.2, 0) is 9.53 Å². The Hall–Kier alpha value is -1.68. The molecular formula is C13H16ClNO3. The average Bonchev–Trinajstić information content (AvgIpc) is 2.34. The number of allylic oxidation sites excluding steroid dienone is 1. The molecule has 0 aliphatic heterocycles. The number of benzene rings is 1. The molecule has 0 atom stereocenters. The highest BCUT2D eigenvalue weighted by Crippen LogP contribution is 2.16. The largest absolute Gasteiger partial charge is 0.490 e. The second-order valence-electron chi connectivity index (χ2n) is 3.55. The number of halogens is 1. The van der Waals surface area contributed by atoms with E-state index in [9.17, 15) is 4.79 Å². The zero-order chi connectivity index (χ0) is 13.4. The van der Waals surface area contributed by atoms with Gasteiger partial charge in [-0.3, -0.25) is 0 Å². The molecule has 1 aromatic carbocycles. The van der Waals surface area contributed by atoms with Crippen molar-refractivity contribution in [2.45, 2.75) is 13.3 Å². The lowest BCUT2D eigenvalue weighted by Crippen LogP contribution is -2.12. The SMILES string of the molecule is CCC(N)=CC(=O)OCCOc1cccc(Cl)c1. The second kappa shape index (κ2) is 7.61. The number of nitrogens with two attached hydrogens (primary N) is 1. The third-order valence-electron chi connectivity index (χ3n) is 2.10. The lowest BCUT2D eigenvalue weighted by atomic mass is 10.3. The molecule has 4 nitrogen and oxygen atoms in total. The van der Waals surface area contributed by atoms with Gasteiger partial charge in [0.1, 0.15) is 19.0 Å². The normalized spacial score (nSPS) is 11.1. The van der Waals surface area contributed by atoms with Gasteiger partial charge in [-0.1, -0.05) is 24.6 Å². The van der Waals surface area contributed by atoms with E-state index in [1.54, 1.807) is 24.3 Å². The molecule has 0 amide bonds. The number of rotatable bonds is 6. The van der Waals surface area contributed by atoms with Crippen molar-refractivity contribution in [1.82, 2.24) is 0 Å². The third kappa shape index (κ3) is 5.59. The number of carbonyl (C=O) groups excluding carboxylic acids is 1. The maximum absolute atomic E-state index is 11.2. The summed E-state index contributed by atoms with van der Waals surface area (Å²) in [5.74, 6) is 0.186. The van der Waals surface area contributed by atoms with Crippen LogP contribution >= 0.6 is 11.6 Å². The van der Waals surface area contributed by atoms with Crippen LogP contribution in [0, 0.1) is 0 Å². The standard InChI is InChI=1S/C13H16ClNO3/c1-2-11(15)9-13(16)18-7-6-17-12-5-3-4-10(14)8-12/h3-5,8-9H,2,6-7,15H2,1H3. The van der Waals surface area contributed by atoms with E-state index < -0.39 is 5.97 Å². The Balaban J connectivity index is 2.25. The molecular weight excluding hydrogens is 254 g/mol. The summed E-state index contributed by atoms with van der Waals surface area (Å²) in [7, 11) is 0. The van der Waals surface area contributed by atoms with Crippen molar-refractivity contribution in [1.29, 1.82) is 0 Å². The van der Waals surface area contributed by atoms with Crippen molar-refractivity contribution in [2.24, 2.45) is 5.73 Å². The summed E-state index contributed by atoms with van der Waals surface area (Å²) in [6.45, 7) is 2.30. The minimum Gasteiger partial charge on any atom is -0.490 e. The van der Waals surface area contributed by atoms with Crippen molar-refractivity contribution in [3.8, 4) is 5.75 Å². The summed E-state index contributed by atoms with van der Waals surface area (Å²) < 4.78 is 10.3. The van der Waals surface area contributed by atoms with Gasteiger partial charge in [-0.15, -0.1) is 0 Å². The third-order valence-corrected chi connectivity index (χ3v) is 2.34. The summed E-state index contributed by atoms with van der Waals surface area (Å²) in [5.41, 5.74) is 6.00. The van der Waals surface area contributed by atoms with E-state index in [0.29, 0.717) is 22.9 Å². The first-order valence-corrected chi connectivity index (χ1v) is 6.00. The first-order valence-electron chi connectivity index (χ1n) is 5.63. The van der Waals surface area contributed by atoms with Gasteiger partial charge in [0.2, 0.25) is 0 Å². The molecule has 0 aromatic heterocycles. The molecule has 0 bridgehead atoms. The number of esters is 1. The molecule has 0 radical (unpaired) electrons. The zero-order valence-electron chi connectivity index (χ0n) is 10.2. The predicted octanol–water partition coefficient (Wildman–Crippen LogP) is 2.51. The van der Waals surface area contributed by atoms with E-state index in [2.05, 4.69) is 0 Å². The number of hydrogen-bond acceptors (Lipinski definition) is 4. The van der Waals surface area contributed by atoms with Crippen LogP contribution in [0.25, 0.3) is 0 Å². The van der Waals surface area contributed by atoms with Gasteiger partial charge in [0.25, 0.3) is 0 Å². The van der Waals surface area contributed by atoms with Crippen LogP contribution in [0.4, 0.5) is 0 Å². The van der Waals surface area contributed by atoms with Gasteiger partial charge in [-0.25, -0.2) is 4.79 Å². The van der Waals surface area contributed by atoms with Crippen molar-refractivity contribution in [2.75, 3.05) is 13.2 Å². The van der Waals surface area contributed by atoms with Crippen LogP contribution < -0.4 is 10.5 Å². The smallest absolute Gasteiger partial charge is 0.332 e. The van der Waals surface area contributed by atoms with Crippen molar-refractivity contribution in [3.05, 3.63) is 41.1 Å². The molecule has 5 heteroatoms. The lowest BCUT2D eigenvalue weighted by molar-refractivity contribution is -0.138. The summed E-state index contributed by atoms with van der Waals surface area (Å²) in [5, 5.41) is 0.600. The van der Waals surface area contributed by atoms with Crippen LogP contribution in [0.2, 0.25) is 5.02 Å².